The maximum atomic E-state index is 11.4. The normalized spacial score (nSPS) is 26.9. The van der Waals surface area contributed by atoms with Crippen LogP contribution in [0.4, 0.5) is 0 Å². The lowest BCUT2D eigenvalue weighted by atomic mass is 9.84. The first-order valence-corrected chi connectivity index (χ1v) is 5.75. The van der Waals surface area contributed by atoms with Crippen molar-refractivity contribution in [3.8, 4) is 0 Å². The minimum Gasteiger partial charge on any atom is -0.300 e. The van der Waals surface area contributed by atoms with E-state index >= 15 is 0 Å². The van der Waals surface area contributed by atoms with Gasteiger partial charge in [-0.2, -0.15) is 0 Å². The zero-order chi connectivity index (χ0) is 9.68. The van der Waals surface area contributed by atoms with Crippen LogP contribution < -0.4 is 0 Å². The maximum absolute atomic E-state index is 11.4. The van der Waals surface area contributed by atoms with Gasteiger partial charge in [0.05, 0.1) is 0 Å². The Morgan fingerprint density at radius 3 is 2.92 bits per heavy atom. The Kier molecular flexibility index (Phi) is 4.47. The Morgan fingerprint density at radius 1 is 1.46 bits per heavy atom. The second-order valence-electron chi connectivity index (χ2n) is 4.51. The molecule has 1 aliphatic carbocycles. The molecule has 0 N–H and O–H groups in total. The third-order valence-electron chi connectivity index (χ3n) is 3.32. The molecule has 0 amide bonds. The Labute approximate surface area is 81.9 Å². The van der Waals surface area contributed by atoms with Crippen LogP contribution in [-0.2, 0) is 4.79 Å². The van der Waals surface area contributed by atoms with E-state index in [1.807, 2.05) is 0 Å². The number of carbonyl (C=O) groups is 1. The van der Waals surface area contributed by atoms with Gasteiger partial charge in [0.15, 0.2) is 0 Å². The lowest BCUT2D eigenvalue weighted by Gasteiger charge is -2.20. The van der Waals surface area contributed by atoms with Crippen molar-refractivity contribution < 1.29 is 4.79 Å². The van der Waals surface area contributed by atoms with Gasteiger partial charge in [0.2, 0.25) is 0 Å². The second kappa shape index (κ2) is 5.41. The number of hydrogen-bond donors (Lipinski definition) is 0. The van der Waals surface area contributed by atoms with Gasteiger partial charge in [0.1, 0.15) is 5.78 Å². The lowest BCUT2D eigenvalue weighted by Crippen LogP contribution is -2.14. The first-order valence-electron chi connectivity index (χ1n) is 5.75. The van der Waals surface area contributed by atoms with Gasteiger partial charge in [-0.15, -0.1) is 0 Å². The Balaban J connectivity index is 2.42. The largest absolute Gasteiger partial charge is 0.300 e. The molecule has 0 aliphatic heterocycles. The molecule has 76 valence electrons. The predicted molar refractivity (Wildman–Crippen MR) is 55.7 cm³/mol. The minimum absolute atomic E-state index is 0.505. The molecule has 2 atom stereocenters. The van der Waals surface area contributed by atoms with E-state index in [2.05, 4.69) is 13.8 Å². The molecule has 0 aromatic rings. The van der Waals surface area contributed by atoms with E-state index in [-0.39, 0.29) is 0 Å². The summed E-state index contributed by atoms with van der Waals surface area (Å²) in [6.45, 7) is 4.54. The van der Waals surface area contributed by atoms with Crippen molar-refractivity contribution in [2.24, 2.45) is 11.8 Å². The Morgan fingerprint density at radius 2 is 2.23 bits per heavy atom. The molecule has 0 aromatic heterocycles. The van der Waals surface area contributed by atoms with Crippen molar-refractivity contribution in [1.29, 1.82) is 0 Å². The maximum Gasteiger partial charge on any atom is 0.133 e. The summed E-state index contributed by atoms with van der Waals surface area (Å²) in [5.74, 6) is 1.95. The zero-order valence-corrected chi connectivity index (χ0v) is 9.01. The van der Waals surface area contributed by atoms with Crippen molar-refractivity contribution in [1.82, 2.24) is 0 Å². The molecule has 1 nitrogen and oxygen atoms in total. The summed E-state index contributed by atoms with van der Waals surface area (Å²) in [6, 6.07) is 0. The monoisotopic (exact) mass is 182 g/mol. The number of hydrogen-bond acceptors (Lipinski definition) is 1. The second-order valence-corrected chi connectivity index (χ2v) is 4.51. The highest BCUT2D eigenvalue weighted by atomic mass is 16.1. The summed E-state index contributed by atoms with van der Waals surface area (Å²) < 4.78 is 0. The molecule has 1 saturated carbocycles. The summed E-state index contributed by atoms with van der Waals surface area (Å²) >= 11 is 0. The summed E-state index contributed by atoms with van der Waals surface area (Å²) in [6.07, 6.45) is 7.94. The van der Waals surface area contributed by atoms with E-state index in [0.717, 1.165) is 25.2 Å². The van der Waals surface area contributed by atoms with Gasteiger partial charge in [-0.05, 0) is 24.7 Å². The van der Waals surface area contributed by atoms with Gasteiger partial charge in [-0.25, -0.2) is 0 Å². The third-order valence-corrected chi connectivity index (χ3v) is 3.32. The van der Waals surface area contributed by atoms with Crippen LogP contribution >= 0.6 is 0 Å². The van der Waals surface area contributed by atoms with Crippen molar-refractivity contribution in [3.05, 3.63) is 0 Å². The SMILES string of the molecule is CCCC(C)C1CCCCC(=O)C1. The fraction of sp³-hybridized carbons (Fsp3) is 0.917. The van der Waals surface area contributed by atoms with Crippen LogP contribution in [0.15, 0.2) is 0 Å². The molecule has 1 rings (SSSR count). The molecule has 2 unspecified atom stereocenters. The molecular weight excluding hydrogens is 160 g/mol. The highest BCUT2D eigenvalue weighted by molar-refractivity contribution is 5.78. The van der Waals surface area contributed by atoms with Crippen molar-refractivity contribution in [2.45, 2.75) is 58.8 Å². The number of carbonyl (C=O) groups excluding carboxylic acids is 1. The van der Waals surface area contributed by atoms with E-state index in [9.17, 15) is 4.79 Å². The van der Waals surface area contributed by atoms with E-state index in [1.54, 1.807) is 0 Å². The van der Waals surface area contributed by atoms with Crippen molar-refractivity contribution in [2.75, 3.05) is 0 Å². The molecule has 1 heteroatoms. The molecule has 0 radical (unpaired) electrons. The average molecular weight is 182 g/mol. The molecule has 1 fully saturated rings. The van der Waals surface area contributed by atoms with Gasteiger partial charge in [-0.1, -0.05) is 33.1 Å². The smallest absolute Gasteiger partial charge is 0.133 e. The topological polar surface area (TPSA) is 17.1 Å². The van der Waals surface area contributed by atoms with E-state index in [1.165, 1.54) is 25.7 Å². The van der Waals surface area contributed by atoms with Crippen molar-refractivity contribution in [3.63, 3.8) is 0 Å². The first-order chi connectivity index (χ1) is 6.24. The van der Waals surface area contributed by atoms with Gasteiger partial charge in [0.25, 0.3) is 0 Å². The summed E-state index contributed by atoms with van der Waals surface area (Å²) in [5.41, 5.74) is 0. The predicted octanol–water partition coefficient (Wildman–Crippen LogP) is 3.57. The Hall–Kier alpha value is -0.330. The van der Waals surface area contributed by atoms with E-state index in [0.29, 0.717) is 11.7 Å². The fourth-order valence-corrected chi connectivity index (χ4v) is 2.40. The molecule has 0 bridgehead atoms. The zero-order valence-electron chi connectivity index (χ0n) is 9.01. The van der Waals surface area contributed by atoms with Crippen molar-refractivity contribution >= 4 is 5.78 Å². The van der Waals surface area contributed by atoms with Gasteiger partial charge in [-0.3, -0.25) is 4.79 Å². The molecule has 13 heavy (non-hydrogen) atoms. The van der Waals surface area contributed by atoms with Crippen LogP contribution in [-0.4, -0.2) is 5.78 Å². The van der Waals surface area contributed by atoms with Gasteiger partial charge < -0.3 is 0 Å². The third kappa shape index (κ3) is 3.50. The highest BCUT2D eigenvalue weighted by Gasteiger charge is 2.21. The van der Waals surface area contributed by atoms with Gasteiger partial charge >= 0.3 is 0 Å². The van der Waals surface area contributed by atoms with E-state index in [4.69, 9.17) is 0 Å². The lowest BCUT2D eigenvalue weighted by molar-refractivity contribution is -0.119. The van der Waals surface area contributed by atoms with Crippen LogP contribution in [0.2, 0.25) is 0 Å². The molecule has 0 spiro atoms. The standard InChI is InChI=1S/C12H22O/c1-3-6-10(2)11-7-4-5-8-12(13)9-11/h10-11H,3-9H2,1-2H3. The van der Waals surface area contributed by atoms with Crippen LogP contribution in [0, 0.1) is 11.8 Å². The fourth-order valence-electron chi connectivity index (χ4n) is 2.40. The average Bonchev–Trinajstić information content (AvgIpc) is 2.30. The molecule has 0 heterocycles. The number of rotatable bonds is 3. The van der Waals surface area contributed by atoms with Crippen LogP contribution in [0.3, 0.4) is 0 Å². The number of ketones is 1. The van der Waals surface area contributed by atoms with Crippen LogP contribution in [0.25, 0.3) is 0 Å². The molecule has 0 aromatic carbocycles. The number of Topliss-reactive ketones (excluding diaryl/α,β-unsaturated/α-hetero) is 1. The van der Waals surface area contributed by atoms with Crippen LogP contribution in [0.1, 0.15) is 58.8 Å². The highest BCUT2D eigenvalue weighted by Crippen LogP contribution is 2.29. The summed E-state index contributed by atoms with van der Waals surface area (Å²) in [4.78, 5) is 11.4. The molecule has 1 aliphatic rings. The first kappa shape index (κ1) is 10.7. The minimum atomic E-state index is 0.505. The molecule has 0 saturated heterocycles. The van der Waals surface area contributed by atoms with Crippen LogP contribution in [0.5, 0.6) is 0 Å². The summed E-state index contributed by atoms with van der Waals surface area (Å²) in [5, 5.41) is 0. The summed E-state index contributed by atoms with van der Waals surface area (Å²) in [7, 11) is 0. The van der Waals surface area contributed by atoms with Gasteiger partial charge in [0, 0.05) is 12.8 Å². The Bertz CT molecular complexity index is 163. The quantitative estimate of drug-likeness (QED) is 0.610. The molecular formula is C12H22O. The van der Waals surface area contributed by atoms with E-state index < -0.39 is 0 Å².